The van der Waals surface area contributed by atoms with Gasteiger partial charge in [0.15, 0.2) is 0 Å². The second kappa shape index (κ2) is 9.73. The normalized spacial score (nSPS) is 23.0. The van der Waals surface area contributed by atoms with Gasteiger partial charge in [-0.1, -0.05) is 24.4 Å². The molecule has 1 aliphatic carbocycles. The number of benzene rings is 1. The highest BCUT2D eigenvalue weighted by Crippen LogP contribution is 2.30. The van der Waals surface area contributed by atoms with Crippen LogP contribution in [0, 0.1) is 0 Å². The largest absolute Gasteiger partial charge is 0.489 e. The van der Waals surface area contributed by atoms with Crippen LogP contribution >= 0.6 is 23.4 Å². The lowest BCUT2D eigenvalue weighted by molar-refractivity contribution is 0.0726. The van der Waals surface area contributed by atoms with Crippen molar-refractivity contribution < 1.29 is 9.53 Å². The van der Waals surface area contributed by atoms with Gasteiger partial charge < -0.3 is 15.0 Å². The Labute approximate surface area is 177 Å². The molecule has 28 heavy (non-hydrogen) atoms. The minimum atomic E-state index is -0.0284. The van der Waals surface area contributed by atoms with Gasteiger partial charge in [0.2, 0.25) is 0 Å². The van der Waals surface area contributed by atoms with E-state index in [1.807, 2.05) is 12.1 Å². The third kappa shape index (κ3) is 5.17. The van der Waals surface area contributed by atoms with Gasteiger partial charge in [-0.2, -0.15) is 11.8 Å². The highest BCUT2D eigenvalue weighted by atomic mass is 35.5. The zero-order valence-electron chi connectivity index (χ0n) is 16.5. The zero-order chi connectivity index (χ0) is 19.3. The number of halogens is 1. The number of carbonyl (C=O) groups is 1. The molecular weight excluding hydrogens is 392 g/mol. The molecule has 0 spiro atoms. The quantitative estimate of drug-likeness (QED) is 0.743. The maximum absolute atomic E-state index is 12.4. The van der Waals surface area contributed by atoms with E-state index >= 15 is 0 Å². The van der Waals surface area contributed by atoms with Gasteiger partial charge in [0, 0.05) is 30.7 Å². The summed E-state index contributed by atoms with van der Waals surface area (Å²) in [5, 5.41) is 3.65. The van der Waals surface area contributed by atoms with Crippen molar-refractivity contribution in [2.75, 3.05) is 24.6 Å². The predicted molar refractivity (Wildman–Crippen MR) is 117 cm³/mol. The van der Waals surface area contributed by atoms with Crippen molar-refractivity contribution in [3.05, 3.63) is 28.8 Å². The summed E-state index contributed by atoms with van der Waals surface area (Å²) < 4.78 is 6.20. The fourth-order valence-corrected chi connectivity index (χ4v) is 5.97. The van der Waals surface area contributed by atoms with E-state index in [4.69, 9.17) is 16.3 Å². The SMILES string of the molecule is O=C(NC1CCCC1)c1ccc(OC2CCN(C3CCSCC3)CC2)c(Cl)c1. The molecule has 0 atom stereocenters. The molecule has 2 saturated heterocycles. The Morgan fingerprint density at radius 3 is 2.46 bits per heavy atom. The lowest BCUT2D eigenvalue weighted by Crippen LogP contribution is -2.45. The third-order valence-electron chi connectivity index (χ3n) is 6.36. The number of hydrogen-bond donors (Lipinski definition) is 1. The van der Waals surface area contributed by atoms with E-state index in [-0.39, 0.29) is 12.0 Å². The highest BCUT2D eigenvalue weighted by molar-refractivity contribution is 7.99. The molecule has 6 heteroatoms. The number of nitrogens with one attached hydrogen (secondary N) is 1. The molecule has 0 radical (unpaired) electrons. The van der Waals surface area contributed by atoms with Crippen molar-refractivity contribution in [2.24, 2.45) is 0 Å². The number of nitrogens with zero attached hydrogens (tertiary/aromatic N) is 1. The average molecular weight is 423 g/mol. The first-order valence-electron chi connectivity index (χ1n) is 10.8. The number of piperidine rings is 1. The fourth-order valence-electron chi connectivity index (χ4n) is 4.67. The molecular formula is C22H31ClN2O2S. The molecule has 4 rings (SSSR count). The Morgan fingerprint density at radius 1 is 1.07 bits per heavy atom. The second-order valence-electron chi connectivity index (χ2n) is 8.30. The molecule has 0 unspecified atom stereocenters. The van der Waals surface area contributed by atoms with E-state index in [1.54, 1.807) is 6.07 Å². The lowest BCUT2D eigenvalue weighted by atomic mass is 10.0. The fraction of sp³-hybridized carbons (Fsp3) is 0.682. The van der Waals surface area contributed by atoms with Gasteiger partial charge in [0.05, 0.1) is 5.02 Å². The topological polar surface area (TPSA) is 41.6 Å². The van der Waals surface area contributed by atoms with Crippen molar-refractivity contribution in [3.63, 3.8) is 0 Å². The van der Waals surface area contributed by atoms with Crippen LogP contribution in [0.1, 0.15) is 61.7 Å². The van der Waals surface area contributed by atoms with Gasteiger partial charge in [-0.3, -0.25) is 4.79 Å². The minimum Gasteiger partial charge on any atom is -0.489 e. The maximum atomic E-state index is 12.4. The number of rotatable bonds is 5. The molecule has 3 fully saturated rings. The summed E-state index contributed by atoms with van der Waals surface area (Å²) in [6.07, 6.45) is 9.53. The van der Waals surface area contributed by atoms with E-state index in [9.17, 15) is 4.79 Å². The summed E-state index contributed by atoms with van der Waals surface area (Å²) in [5.41, 5.74) is 0.620. The van der Waals surface area contributed by atoms with Crippen LogP contribution in [0.2, 0.25) is 5.02 Å². The molecule has 1 N–H and O–H groups in total. The summed E-state index contributed by atoms with van der Waals surface area (Å²) in [6.45, 7) is 2.22. The van der Waals surface area contributed by atoms with E-state index in [0.717, 1.165) is 44.8 Å². The first-order chi connectivity index (χ1) is 13.7. The van der Waals surface area contributed by atoms with Gasteiger partial charge in [-0.15, -0.1) is 0 Å². The Balaban J connectivity index is 1.28. The number of carbonyl (C=O) groups excluding carboxylic acids is 1. The van der Waals surface area contributed by atoms with Crippen LogP contribution < -0.4 is 10.1 Å². The van der Waals surface area contributed by atoms with Crippen LogP contribution in [0.25, 0.3) is 0 Å². The minimum absolute atomic E-state index is 0.0284. The lowest BCUT2D eigenvalue weighted by Gasteiger charge is -2.39. The predicted octanol–water partition coefficient (Wildman–Crippen LogP) is 4.75. The summed E-state index contributed by atoms with van der Waals surface area (Å²) in [6, 6.07) is 6.52. The van der Waals surface area contributed by atoms with Gasteiger partial charge in [-0.25, -0.2) is 0 Å². The van der Waals surface area contributed by atoms with E-state index in [1.165, 1.54) is 37.2 Å². The van der Waals surface area contributed by atoms with Crippen LogP contribution in [-0.2, 0) is 0 Å². The first kappa shape index (κ1) is 20.4. The highest BCUT2D eigenvalue weighted by Gasteiger charge is 2.27. The van der Waals surface area contributed by atoms with E-state index in [2.05, 4.69) is 22.0 Å². The molecule has 2 heterocycles. The van der Waals surface area contributed by atoms with Crippen molar-refractivity contribution in [2.45, 2.75) is 69.6 Å². The van der Waals surface area contributed by atoms with Crippen molar-refractivity contribution in [3.8, 4) is 5.75 Å². The summed E-state index contributed by atoms with van der Waals surface area (Å²) in [5.74, 6) is 3.28. The molecule has 0 aromatic heterocycles. The molecule has 0 bridgehead atoms. The van der Waals surface area contributed by atoms with Crippen LogP contribution in [0.3, 0.4) is 0 Å². The maximum Gasteiger partial charge on any atom is 0.251 e. The number of likely N-dealkylation sites (tertiary alicyclic amines) is 1. The van der Waals surface area contributed by atoms with Crippen LogP contribution in [0.4, 0.5) is 0 Å². The van der Waals surface area contributed by atoms with Crippen LogP contribution in [0.5, 0.6) is 5.75 Å². The average Bonchev–Trinajstić information content (AvgIpc) is 3.24. The van der Waals surface area contributed by atoms with Crippen molar-refractivity contribution in [1.82, 2.24) is 10.2 Å². The second-order valence-corrected chi connectivity index (χ2v) is 9.93. The molecule has 1 aromatic carbocycles. The summed E-state index contributed by atoms with van der Waals surface area (Å²) >= 11 is 8.53. The van der Waals surface area contributed by atoms with Crippen molar-refractivity contribution >= 4 is 29.3 Å². The van der Waals surface area contributed by atoms with Gasteiger partial charge >= 0.3 is 0 Å². The molecule has 3 aliphatic rings. The molecule has 1 aromatic rings. The number of amides is 1. The molecule has 4 nitrogen and oxygen atoms in total. The van der Waals surface area contributed by atoms with Crippen LogP contribution in [0.15, 0.2) is 18.2 Å². The van der Waals surface area contributed by atoms with Crippen molar-refractivity contribution in [1.29, 1.82) is 0 Å². The van der Waals surface area contributed by atoms with Crippen LogP contribution in [-0.4, -0.2) is 53.6 Å². The number of thioether (sulfide) groups is 1. The summed E-state index contributed by atoms with van der Waals surface area (Å²) in [7, 11) is 0. The Bertz CT molecular complexity index is 667. The Kier molecular flexibility index (Phi) is 7.08. The van der Waals surface area contributed by atoms with E-state index in [0.29, 0.717) is 22.4 Å². The third-order valence-corrected chi connectivity index (χ3v) is 7.71. The molecule has 1 saturated carbocycles. The van der Waals surface area contributed by atoms with Gasteiger partial charge in [-0.05, 0) is 68.2 Å². The molecule has 154 valence electrons. The first-order valence-corrected chi connectivity index (χ1v) is 12.3. The van der Waals surface area contributed by atoms with Gasteiger partial charge in [0.1, 0.15) is 11.9 Å². The standard InChI is InChI=1S/C22H31ClN2O2S/c23-20-15-16(22(26)24-17-3-1-2-4-17)5-6-21(20)27-19-7-11-25(12-8-19)18-9-13-28-14-10-18/h5-6,15,17-19H,1-4,7-14H2,(H,24,26). The van der Waals surface area contributed by atoms with Gasteiger partial charge in [0.25, 0.3) is 5.91 Å². The monoisotopic (exact) mass is 422 g/mol. The molecule has 2 aliphatic heterocycles. The van der Waals surface area contributed by atoms with E-state index < -0.39 is 0 Å². The smallest absolute Gasteiger partial charge is 0.251 e. The Morgan fingerprint density at radius 2 is 1.79 bits per heavy atom. The Hall–Kier alpha value is -0.910. The number of hydrogen-bond acceptors (Lipinski definition) is 4. The summed E-state index contributed by atoms with van der Waals surface area (Å²) in [4.78, 5) is 15.1. The molecule has 1 amide bonds. The zero-order valence-corrected chi connectivity index (χ0v) is 18.1. The number of ether oxygens (including phenoxy) is 1.